The summed E-state index contributed by atoms with van der Waals surface area (Å²) in [4.78, 5) is 4.87. The van der Waals surface area contributed by atoms with Crippen molar-refractivity contribution < 1.29 is 34.3 Å². The van der Waals surface area contributed by atoms with Gasteiger partial charge in [-0.3, -0.25) is 9.80 Å². The van der Waals surface area contributed by atoms with Gasteiger partial charge < -0.3 is 34.3 Å². The first-order valence-corrected chi connectivity index (χ1v) is 22.1. The van der Waals surface area contributed by atoms with E-state index in [1.54, 1.807) is 0 Å². The third-order valence-corrected chi connectivity index (χ3v) is 18.7. The Balaban J connectivity index is 0.889. The molecule has 3 aliphatic heterocycles. The van der Waals surface area contributed by atoms with Gasteiger partial charge in [-0.1, -0.05) is 41.0 Å². The van der Waals surface area contributed by atoms with Gasteiger partial charge in [0.25, 0.3) is 0 Å². The number of aliphatic hydroxyl groups excluding tert-OH is 1. The van der Waals surface area contributed by atoms with Crippen LogP contribution in [0, 0.1) is 50.7 Å². The van der Waals surface area contributed by atoms with Gasteiger partial charge in [-0.25, -0.2) is 0 Å². The zero-order chi connectivity index (χ0) is 37.6. The maximum atomic E-state index is 12.7. The van der Waals surface area contributed by atoms with E-state index in [0.29, 0.717) is 54.9 Å². The van der Waals surface area contributed by atoms with Crippen molar-refractivity contribution in [1.29, 1.82) is 0 Å². The van der Waals surface area contributed by atoms with E-state index in [-0.39, 0.29) is 46.3 Å². The van der Waals surface area contributed by atoms with E-state index in [4.69, 9.17) is 18.9 Å². The number of nitrogens with zero attached hydrogens (tertiary/aromatic N) is 2. The van der Waals surface area contributed by atoms with E-state index < -0.39 is 23.4 Å². The minimum absolute atomic E-state index is 0.00594. The molecule has 3 N–H and O–H groups in total. The first-order chi connectivity index (χ1) is 24.9. The number of hydrogen-bond donors (Lipinski definition) is 3. The van der Waals surface area contributed by atoms with Crippen molar-refractivity contribution in [2.24, 2.45) is 50.7 Å². The van der Waals surface area contributed by atoms with E-state index >= 15 is 0 Å². The Labute approximate surface area is 320 Å². The first kappa shape index (κ1) is 38.2. The zero-order valence-electron chi connectivity index (χ0n) is 34.4. The molecule has 9 fully saturated rings. The molecule has 0 aromatic carbocycles. The van der Waals surface area contributed by atoms with Crippen molar-refractivity contribution in [2.75, 3.05) is 45.9 Å². The van der Waals surface area contributed by atoms with E-state index in [1.807, 2.05) is 20.8 Å². The molecule has 0 unspecified atom stereocenters. The molecule has 0 aromatic rings. The number of hydrogen-bond acceptors (Lipinski definition) is 9. The molecule has 9 aliphatic rings. The quantitative estimate of drug-likeness (QED) is 0.278. The fourth-order valence-corrected chi connectivity index (χ4v) is 16.0. The lowest BCUT2D eigenvalue weighted by Crippen LogP contribution is -2.70. The Kier molecular flexibility index (Phi) is 9.05. The summed E-state index contributed by atoms with van der Waals surface area (Å²) in [5.41, 5.74) is -1.18. The van der Waals surface area contributed by atoms with Crippen molar-refractivity contribution in [3.8, 4) is 0 Å². The molecule has 9 nitrogen and oxygen atoms in total. The van der Waals surface area contributed by atoms with Crippen LogP contribution in [0.4, 0.5) is 0 Å². The second-order valence-electron chi connectivity index (χ2n) is 22.0. The summed E-state index contributed by atoms with van der Waals surface area (Å²) in [5.74, 6) is 1.77. The molecular formula is C44H74N2O7. The molecule has 9 heteroatoms. The van der Waals surface area contributed by atoms with E-state index in [2.05, 4.69) is 44.4 Å². The van der Waals surface area contributed by atoms with Crippen LogP contribution in [0.1, 0.15) is 126 Å². The maximum absolute atomic E-state index is 12.7. The largest absolute Gasteiger partial charge is 0.390 e. The van der Waals surface area contributed by atoms with Crippen LogP contribution >= 0.6 is 0 Å². The van der Waals surface area contributed by atoms with Crippen molar-refractivity contribution in [1.82, 2.24) is 9.80 Å². The van der Waals surface area contributed by atoms with Crippen LogP contribution in [0.25, 0.3) is 0 Å². The third-order valence-electron chi connectivity index (χ3n) is 18.7. The minimum atomic E-state index is -1.02. The summed E-state index contributed by atoms with van der Waals surface area (Å²) in [6.45, 7) is 23.1. The monoisotopic (exact) mass is 743 g/mol. The molecule has 0 aromatic heterocycles. The summed E-state index contributed by atoms with van der Waals surface area (Å²) in [5, 5.41) is 35.1. The molecule has 0 radical (unpaired) electrons. The first-order valence-electron chi connectivity index (χ1n) is 22.1. The minimum Gasteiger partial charge on any atom is -0.390 e. The van der Waals surface area contributed by atoms with Crippen LogP contribution in [0.3, 0.4) is 0 Å². The van der Waals surface area contributed by atoms with Gasteiger partial charge in [-0.05, 0) is 130 Å². The van der Waals surface area contributed by atoms with E-state index in [1.165, 1.54) is 51.4 Å². The Morgan fingerprint density at radius 2 is 1.68 bits per heavy atom. The molecule has 6 saturated carbocycles. The fourth-order valence-electron chi connectivity index (χ4n) is 16.0. The lowest BCUT2D eigenvalue weighted by molar-refractivity contribution is -0.253. The van der Waals surface area contributed by atoms with Crippen LogP contribution in [0.15, 0.2) is 0 Å². The average molecular weight is 743 g/mol. The molecule has 3 heterocycles. The fraction of sp³-hybridized carbons (Fsp3) is 1.00. The van der Waals surface area contributed by atoms with Gasteiger partial charge in [0, 0.05) is 50.8 Å². The molecule has 0 amide bonds. The summed E-state index contributed by atoms with van der Waals surface area (Å²) >= 11 is 0. The van der Waals surface area contributed by atoms with Gasteiger partial charge in [0.2, 0.25) is 0 Å². The van der Waals surface area contributed by atoms with Gasteiger partial charge in [-0.2, -0.15) is 0 Å². The summed E-state index contributed by atoms with van der Waals surface area (Å²) in [6, 6.07) is 0.701. The van der Waals surface area contributed by atoms with E-state index in [9.17, 15) is 15.3 Å². The lowest BCUT2D eigenvalue weighted by Gasteiger charge is -2.64. The number of rotatable bonds is 9. The lowest BCUT2D eigenvalue weighted by atomic mass is 9.41. The topological polar surface area (TPSA) is 104 Å². The number of morpholine rings is 1. The van der Waals surface area contributed by atoms with Crippen molar-refractivity contribution in [3.05, 3.63) is 0 Å². The third kappa shape index (κ3) is 5.39. The zero-order valence-corrected chi connectivity index (χ0v) is 34.4. The van der Waals surface area contributed by atoms with Crippen LogP contribution in [-0.2, 0) is 18.9 Å². The van der Waals surface area contributed by atoms with Crippen LogP contribution in [0.2, 0.25) is 0 Å². The van der Waals surface area contributed by atoms with Crippen molar-refractivity contribution in [2.45, 2.75) is 180 Å². The Bertz CT molecular complexity index is 1390. The number of β-amino-alcohol motifs (C(OH)–C–C–N with tert-alkyl or cyclic N) is 1. The standard InChI is InChI=1S/C44H74N2O7/c1-9-50-37(39(5,6)48)29-21-27(2)34-35(52-29)36(47)41(8)31-14-13-30-38(3,4)32(15-16-43(30)23-44(31,43)18-17-40(34,41)7)53-33-22-45(19-20-51-33)24-42(49)25-46(26-42)28-11-10-12-28/h27-37,47-49H,9-26H2,1-8H3/t27-,29-,30+,31+,32+,33+,34+,35+,36+,37+,40-,41-,43-,44+/m1/s1. The number of likely N-dealkylation sites (tertiary alicyclic amines) is 1. The maximum Gasteiger partial charge on any atom is 0.170 e. The van der Waals surface area contributed by atoms with Crippen molar-refractivity contribution in [3.63, 3.8) is 0 Å². The van der Waals surface area contributed by atoms with Gasteiger partial charge in [0.05, 0.1) is 36.6 Å². The van der Waals surface area contributed by atoms with Crippen LogP contribution < -0.4 is 0 Å². The molecule has 14 atom stereocenters. The van der Waals surface area contributed by atoms with Crippen LogP contribution in [0.5, 0.6) is 0 Å². The number of fused-ring (bicyclic) bond motifs is 4. The Morgan fingerprint density at radius 1 is 0.962 bits per heavy atom. The summed E-state index contributed by atoms with van der Waals surface area (Å²) in [6.07, 6.45) is 11.6. The summed E-state index contributed by atoms with van der Waals surface area (Å²) < 4.78 is 26.4. The molecular weight excluding hydrogens is 668 g/mol. The second kappa shape index (κ2) is 12.6. The van der Waals surface area contributed by atoms with Gasteiger partial charge in [0.15, 0.2) is 6.29 Å². The molecule has 302 valence electrons. The van der Waals surface area contributed by atoms with E-state index in [0.717, 1.165) is 45.4 Å². The smallest absolute Gasteiger partial charge is 0.170 e. The van der Waals surface area contributed by atoms with Gasteiger partial charge in [0.1, 0.15) is 11.7 Å². The highest BCUT2D eigenvalue weighted by Crippen LogP contribution is 2.89. The summed E-state index contributed by atoms with van der Waals surface area (Å²) in [7, 11) is 0. The normalized spacial score (nSPS) is 51.1. The molecule has 53 heavy (non-hydrogen) atoms. The molecule has 3 saturated heterocycles. The molecule has 2 spiro atoms. The number of aliphatic hydroxyl groups is 3. The Hall–Kier alpha value is -0.360. The highest BCUT2D eigenvalue weighted by Gasteiger charge is 2.84. The average Bonchev–Trinajstić information content (AvgIpc) is 3.68. The predicted octanol–water partition coefficient (Wildman–Crippen LogP) is 5.62. The van der Waals surface area contributed by atoms with Crippen molar-refractivity contribution >= 4 is 0 Å². The molecule has 9 rings (SSSR count). The highest BCUT2D eigenvalue weighted by atomic mass is 16.7. The molecule has 6 aliphatic carbocycles. The molecule has 0 bridgehead atoms. The SMILES string of the molecule is CCO[C@@H]([C@H]1C[C@@H](C)[C@H]2[C@H](O1)[C@H](O)[C@@]1(C)[C@@H]3CC[C@H]4C(C)(C)[C@@H](O[C@H]5CN(CC6(O)CN(C7CCC7)C6)CCO5)CC[C@@]45C[C@@]35CC[C@]21C)C(C)(C)O. The van der Waals surface area contributed by atoms with Gasteiger partial charge >= 0.3 is 0 Å². The highest BCUT2D eigenvalue weighted by molar-refractivity contribution is 5.33. The van der Waals surface area contributed by atoms with Crippen LogP contribution in [-0.4, -0.2) is 125 Å². The predicted molar refractivity (Wildman–Crippen MR) is 203 cm³/mol. The Morgan fingerprint density at radius 3 is 2.36 bits per heavy atom. The van der Waals surface area contributed by atoms with Gasteiger partial charge in [-0.15, -0.1) is 0 Å². The second-order valence-corrected chi connectivity index (χ2v) is 22.0. The number of ether oxygens (including phenoxy) is 4.